The molecule has 0 aliphatic carbocycles. The average molecular weight is 341 g/mol. The van der Waals surface area contributed by atoms with Crippen LogP contribution in [0, 0.1) is 0 Å². The van der Waals surface area contributed by atoms with Gasteiger partial charge < -0.3 is 19.1 Å². The normalized spacial score (nSPS) is 16.6. The fraction of sp³-hybridized carbons (Fsp3) is 0.350. The predicted molar refractivity (Wildman–Crippen MR) is 95.8 cm³/mol. The first-order valence-electron chi connectivity index (χ1n) is 8.31. The lowest BCUT2D eigenvalue weighted by molar-refractivity contribution is 0.0790. The highest BCUT2D eigenvalue weighted by molar-refractivity contribution is 5.95. The van der Waals surface area contributed by atoms with Crippen LogP contribution in [-0.4, -0.2) is 45.2 Å². The Balaban J connectivity index is 1.71. The summed E-state index contributed by atoms with van der Waals surface area (Å²) in [4.78, 5) is 14.7. The number of carbonyl (C=O) groups excluding carboxylic acids is 1. The maximum atomic E-state index is 12.8. The van der Waals surface area contributed by atoms with E-state index in [-0.39, 0.29) is 5.91 Å². The molecule has 1 atom stereocenters. The Bertz CT molecular complexity index is 742. The second kappa shape index (κ2) is 7.47. The van der Waals surface area contributed by atoms with Gasteiger partial charge in [0.05, 0.1) is 21.3 Å². The van der Waals surface area contributed by atoms with E-state index in [1.165, 1.54) is 5.56 Å². The van der Waals surface area contributed by atoms with Crippen molar-refractivity contribution in [1.82, 2.24) is 4.90 Å². The molecule has 1 aliphatic heterocycles. The number of likely N-dealkylation sites (tertiary alicyclic amines) is 1. The van der Waals surface area contributed by atoms with Gasteiger partial charge in [-0.25, -0.2) is 0 Å². The molecule has 0 aromatic heterocycles. The van der Waals surface area contributed by atoms with E-state index in [0.29, 0.717) is 23.0 Å². The van der Waals surface area contributed by atoms with Crippen molar-refractivity contribution in [3.8, 4) is 17.2 Å². The first-order chi connectivity index (χ1) is 12.2. The fourth-order valence-corrected chi connectivity index (χ4v) is 3.24. The SMILES string of the molecule is COc1ccc([C@@H]2CCN(C(=O)c3ccc(OC)c(OC)c3)C2)cc1. The second-order valence-electron chi connectivity index (χ2n) is 6.08. The third kappa shape index (κ3) is 3.55. The second-order valence-corrected chi connectivity index (χ2v) is 6.08. The van der Waals surface area contributed by atoms with Gasteiger partial charge in [-0.2, -0.15) is 0 Å². The van der Waals surface area contributed by atoms with E-state index >= 15 is 0 Å². The third-order valence-corrected chi connectivity index (χ3v) is 4.69. The topological polar surface area (TPSA) is 48.0 Å². The lowest BCUT2D eigenvalue weighted by Crippen LogP contribution is -2.28. The number of hydrogen-bond donors (Lipinski definition) is 0. The molecule has 0 spiro atoms. The van der Waals surface area contributed by atoms with Crippen LogP contribution in [0.4, 0.5) is 0 Å². The first kappa shape index (κ1) is 17.1. The van der Waals surface area contributed by atoms with Crippen LogP contribution < -0.4 is 14.2 Å². The summed E-state index contributed by atoms with van der Waals surface area (Å²) in [6, 6.07) is 13.4. The maximum absolute atomic E-state index is 12.8. The molecule has 1 amide bonds. The zero-order valence-electron chi connectivity index (χ0n) is 14.8. The zero-order chi connectivity index (χ0) is 17.8. The van der Waals surface area contributed by atoms with Crippen LogP contribution in [0.15, 0.2) is 42.5 Å². The quantitative estimate of drug-likeness (QED) is 0.837. The smallest absolute Gasteiger partial charge is 0.254 e. The predicted octanol–water partition coefficient (Wildman–Crippen LogP) is 3.34. The number of benzene rings is 2. The van der Waals surface area contributed by atoms with Gasteiger partial charge in [-0.05, 0) is 42.3 Å². The van der Waals surface area contributed by atoms with E-state index in [1.54, 1.807) is 39.5 Å². The van der Waals surface area contributed by atoms with Crippen LogP contribution in [0.2, 0.25) is 0 Å². The minimum absolute atomic E-state index is 0.0250. The van der Waals surface area contributed by atoms with E-state index in [2.05, 4.69) is 12.1 Å². The van der Waals surface area contributed by atoms with Gasteiger partial charge in [0.2, 0.25) is 0 Å². The summed E-state index contributed by atoms with van der Waals surface area (Å²) in [5, 5.41) is 0. The van der Waals surface area contributed by atoms with Crippen LogP contribution in [0.25, 0.3) is 0 Å². The van der Waals surface area contributed by atoms with Crippen molar-refractivity contribution in [2.75, 3.05) is 34.4 Å². The fourth-order valence-electron chi connectivity index (χ4n) is 3.24. The molecular formula is C20H23NO4. The minimum Gasteiger partial charge on any atom is -0.497 e. The summed E-state index contributed by atoms with van der Waals surface area (Å²) in [5.41, 5.74) is 1.86. The Morgan fingerprint density at radius 3 is 2.32 bits per heavy atom. The van der Waals surface area contributed by atoms with Crippen molar-refractivity contribution in [3.63, 3.8) is 0 Å². The Morgan fingerprint density at radius 1 is 0.960 bits per heavy atom. The molecule has 5 nitrogen and oxygen atoms in total. The Labute approximate surface area is 148 Å². The lowest BCUT2D eigenvalue weighted by atomic mass is 9.98. The number of carbonyl (C=O) groups is 1. The maximum Gasteiger partial charge on any atom is 0.254 e. The van der Waals surface area contributed by atoms with Gasteiger partial charge in [0.25, 0.3) is 5.91 Å². The molecular weight excluding hydrogens is 318 g/mol. The van der Waals surface area contributed by atoms with E-state index in [9.17, 15) is 4.79 Å². The van der Waals surface area contributed by atoms with Gasteiger partial charge in [-0.15, -0.1) is 0 Å². The van der Waals surface area contributed by atoms with Crippen LogP contribution in [-0.2, 0) is 0 Å². The van der Waals surface area contributed by atoms with Gasteiger partial charge in [-0.1, -0.05) is 12.1 Å². The van der Waals surface area contributed by atoms with Crippen LogP contribution in [0.3, 0.4) is 0 Å². The van der Waals surface area contributed by atoms with Crippen LogP contribution in [0.5, 0.6) is 17.2 Å². The summed E-state index contributed by atoms with van der Waals surface area (Å²) < 4.78 is 15.7. The summed E-state index contributed by atoms with van der Waals surface area (Å²) in [6.45, 7) is 1.48. The van der Waals surface area contributed by atoms with Gasteiger partial charge in [0.15, 0.2) is 11.5 Å². The van der Waals surface area contributed by atoms with E-state index in [4.69, 9.17) is 14.2 Å². The van der Waals surface area contributed by atoms with Crippen molar-refractivity contribution in [2.24, 2.45) is 0 Å². The third-order valence-electron chi connectivity index (χ3n) is 4.69. The van der Waals surface area contributed by atoms with E-state index in [0.717, 1.165) is 25.3 Å². The number of amides is 1. The number of nitrogens with zero attached hydrogens (tertiary/aromatic N) is 1. The Morgan fingerprint density at radius 2 is 1.68 bits per heavy atom. The molecule has 0 unspecified atom stereocenters. The molecule has 3 rings (SSSR count). The molecule has 25 heavy (non-hydrogen) atoms. The van der Waals surface area contributed by atoms with Gasteiger partial charge in [0, 0.05) is 24.6 Å². The van der Waals surface area contributed by atoms with E-state index < -0.39 is 0 Å². The lowest BCUT2D eigenvalue weighted by Gasteiger charge is -2.18. The molecule has 132 valence electrons. The summed E-state index contributed by atoms with van der Waals surface area (Å²) >= 11 is 0. The summed E-state index contributed by atoms with van der Waals surface area (Å²) in [5.74, 6) is 2.42. The highest BCUT2D eigenvalue weighted by atomic mass is 16.5. The molecule has 0 saturated carbocycles. The Hall–Kier alpha value is -2.69. The number of hydrogen-bond acceptors (Lipinski definition) is 4. The number of rotatable bonds is 5. The van der Waals surface area contributed by atoms with Gasteiger partial charge in [0.1, 0.15) is 5.75 Å². The van der Waals surface area contributed by atoms with Crippen molar-refractivity contribution >= 4 is 5.91 Å². The van der Waals surface area contributed by atoms with E-state index in [1.807, 2.05) is 17.0 Å². The monoisotopic (exact) mass is 341 g/mol. The molecule has 1 fully saturated rings. The Kier molecular flexibility index (Phi) is 5.12. The molecule has 1 aliphatic rings. The van der Waals surface area contributed by atoms with Crippen LogP contribution in [0.1, 0.15) is 28.3 Å². The van der Waals surface area contributed by atoms with Crippen LogP contribution >= 0.6 is 0 Å². The molecule has 1 heterocycles. The first-order valence-corrected chi connectivity index (χ1v) is 8.31. The minimum atomic E-state index is 0.0250. The summed E-state index contributed by atoms with van der Waals surface area (Å²) in [6.07, 6.45) is 0.964. The van der Waals surface area contributed by atoms with Crippen molar-refractivity contribution in [1.29, 1.82) is 0 Å². The molecule has 0 radical (unpaired) electrons. The van der Waals surface area contributed by atoms with Crippen molar-refractivity contribution in [3.05, 3.63) is 53.6 Å². The highest BCUT2D eigenvalue weighted by Gasteiger charge is 2.28. The standard InChI is InChI=1S/C20H23NO4/c1-23-17-7-4-14(5-8-17)16-10-11-21(13-16)20(22)15-6-9-18(24-2)19(12-15)25-3/h4-9,12,16H,10-11,13H2,1-3H3/t16-/m1/s1. The van der Waals surface area contributed by atoms with Crippen molar-refractivity contribution < 1.29 is 19.0 Å². The average Bonchev–Trinajstić information content (AvgIpc) is 3.17. The molecule has 0 N–H and O–H groups in total. The zero-order valence-corrected chi connectivity index (χ0v) is 14.8. The van der Waals surface area contributed by atoms with Gasteiger partial charge in [-0.3, -0.25) is 4.79 Å². The van der Waals surface area contributed by atoms with Gasteiger partial charge >= 0.3 is 0 Å². The molecule has 5 heteroatoms. The molecule has 1 saturated heterocycles. The van der Waals surface area contributed by atoms with Crippen molar-refractivity contribution in [2.45, 2.75) is 12.3 Å². The molecule has 2 aromatic rings. The largest absolute Gasteiger partial charge is 0.497 e. The summed E-state index contributed by atoms with van der Waals surface area (Å²) in [7, 11) is 4.81. The molecule has 2 aromatic carbocycles. The number of ether oxygens (including phenoxy) is 3. The molecule has 0 bridgehead atoms. The highest BCUT2D eigenvalue weighted by Crippen LogP contribution is 2.31. The number of methoxy groups -OCH3 is 3.